The normalized spacial score (nSPS) is 13.1. The molecule has 8 heteroatoms. The molecule has 2 aromatic rings. The van der Waals surface area contributed by atoms with Crippen molar-refractivity contribution in [1.29, 1.82) is 0 Å². The van der Waals surface area contributed by atoms with E-state index in [0.29, 0.717) is 47.1 Å². The van der Waals surface area contributed by atoms with Crippen LogP contribution in [0.2, 0.25) is 10.0 Å². The van der Waals surface area contributed by atoms with E-state index in [-0.39, 0.29) is 22.8 Å². The maximum atomic E-state index is 11.8. The van der Waals surface area contributed by atoms with Crippen LogP contribution in [0.5, 0.6) is 11.5 Å². The Hall–Kier alpha value is -1.14. The average Bonchev–Trinajstić information content (AvgIpc) is 2.74. The third-order valence-corrected chi connectivity index (χ3v) is 8.12. The Balaban J connectivity index is 2.11. The zero-order chi connectivity index (χ0) is 23.9. The molecule has 178 valence electrons. The summed E-state index contributed by atoms with van der Waals surface area (Å²) in [7, 11) is -3.01. The highest BCUT2D eigenvalue weighted by molar-refractivity contribution is 7.91. The van der Waals surface area contributed by atoms with Crippen molar-refractivity contribution in [2.45, 2.75) is 39.5 Å². The highest BCUT2D eigenvalue weighted by Gasteiger charge is 2.26. The van der Waals surface area contributed by atoms with Gasteiger partial charge in [-0.05, 0) is 41.8 Å². The molecule has 0 saturated carbocycles. The maximum Gasteiger partial charge on any atom is 0.156 e. The molecule has 0 fully saturated rings. The third-order valence-electron chi connectivity index (χ3n) is 5.33. The van der Waals surface area contributed by atoms with E-state index in [1.807, 2.05) is 43.3 Å². The minimum Gasteiger partial charge on any atom is -0.493 e. The Morgan fingerprint density at radius 1 is 1.00 bits per heavy atom. The van der Waals surface area contributed by atoms with E-state index in [1.54, 1.807) is 6.92 Å². The van der Waals surface area contributed by atoms with E-state index in [9.17, 15) is 8.42 Å². The molecule has 2 rings (SSSR count). The van der Waals surface area contributed by atoms with Crippen molar-refractivity contribution in [2.24, 2.45) is 5.92 Å². The topological polar surface area (TPSA) is 52.6 Å². The molecule has 32 heavy (non-hydrogen) atoms. The van der Waals surface area contributed by atoms with Crippen LogP contribution in [-0.4, -0.2) is 39.0 Å². The molecule has 4 nitrogen and oxygen atoms in total. The Bertz CT molecular complexity index is 966. The zero-order valence-corrected chi connectivity index (χ0v) is 22.0. The molecule has 0 aromatic heterocycles. The lowest BCUT2D eigenvalue weighted by molar-refractivity contribution is 0.271. The maximum absolute atomic E-state index is 11.8. The summed E-state index contributed by atoms with van der Waals surface area (Å²) >= 11 is 18.6. The molecule has 0 bridgehead atoms. The van der Waals surface area contributed by atoms with E-state index in [1.165, 1.54) is 0 Å². The number of rotatable bonds is 12. The summed E-state index contributed by atoms with van der Waals surface area (Å²) in [6.45, 7) is 8.52. The summed E-state index contributed by atoms with van der Waals surface area (Å²) in [5.41, 5.74) is 1.67. The van der Waals surface area contributed by atoms with Gasteiger partial charge in [-0.15, -0.1) is 11.6 Å². The monoisotopic (exact) mass is 520 g/mol. The predicted molar refractivity (Wildman–Crippen MR) is 135 cm³/mol. The van der Waals surface area contributed by atoms with Crippen LogP contribution in [0.4, 0.5) is 0 Å². The number of benzene rings is 2. The number of hydrogen-bond acceptors (Lipinski definition) is 4. The zero-order valence-electron chi connectivity index (χ0n) is 19.0. The molecule has 0 aliphatic rings. The van der Waals surface area contributed by atoms with Gasteiger partial charge in [-0.1, -0.05) is 63.0 Å². The Morgan fingerprint density at radius 3 is 2.12 bits per heavy atom. The molecule has 0 saturated heterocycles. The molecule has 0 N–H and O–H groups in total. The lowest BCUT2D eigenvalue weighted by Gasteiger charge is -2.27. The first-order valence-corrected chi connectivity index (χ1v) is 13.7. The van der Waals surface area contributed by atoms with Crippen molar-refractivity contribution >= 4 is 44.6 Å². The van der Waals surface area contributed by atoms with Crippen molar-refractivity contribution in [3.63, 3.8) is 0 Å². The number of alkyl halides is 1. The summed E-state index contributed by atoms with van der Waals surface area (Å²) in [5.74, 6) is 1.88. The molecular weight excluding hydrogens is 491 g/mol. The van der Waals surface area contributed by atoms with Gasteiger partial charge in [0.1, 0.15) is 15.6 Å². The van der Waals surface area contributed by atoms with Gasteiger partial charge in [-0.25, -0.2) is 8.42 Å². The molecule has 2 aromatic carbocycles. The van der Waals surface area contributed by atoms with E-state index < -0.39 is 9.84 Å². The summed E-state index contributed by atoms with van der Waals surface area (Å²) < 4.78 is 35.0. The number of ether oxygens (including phenoxy) is 2. The molecule has 1 atom stereocenters. The quantitative estimate of drug-likeness (QED) is 0.228. The Morgan fingerprint density at radius 2 is 1.59 bits per heavy atom. The standard InChI is InChI=1S/C24H31Cl3O4S/c1-5-32(28,29)16-17(2)15-31-20-9-7-18(8-10-20)24(3,4)19-13-21(26)23(22(27)14-19)30-12-6-11-25/h7-10,13-14,17H,5-6,11-12,15-16H2,1-4H3/t17-/m1/s1. The Labute approximate surface area is 207 Å². The van der Waals surface area contributed by atoms with Crippen LogP contribution in [0.25, 0.3) is 0 Å². The number of hydrogen-bond donors (Lipinski definition) is 0. The van der Waals surface area contributed by atoms with Gasteiger partial charge in [0.05, 0.1) is 29.0 Å². The van der Waals surface area contributed by atoms with E-state index in [2.05, 4.69) is 13.8 Å². The highest BCUT2D eigenvalue weighted by Crippen LogP contribution is 2.40. The van der Waals surface area contributed by atoms with E-state index in [4.69, 9.17) is 44.3 Å². The van der Waals surface area contributed by atoms with Crippen LogP contribution < -0.4 is 9.47 Å². The molecule has 0 amide bonds. The van der Waals surface area contributed by atoms with Gasteiger partial charge in [0.15, 0.2) is 5.75 Å². The molecule has 0 spiro atoms. The second kappa shape index (κ2) is 11.8. The molecule has 0 aliphatic carbocycles. The second-order valence-corrected chi connectivity index (χ2v) is 12.0. The van der Waals surface area contributed by atoms with Gasteiger partial charge in [0.25, 0.3) is 0 Å². The van der Waals surface area contributed by atoms with Crippen molar-refractivity contribution < 1.29 is 17.9 Å². The second-order valence-electron chi connectivity index (χ2n) is 8.42. The van der Waals surface area contributed by atoms with Gasteiger partial charge in [-0.3, -0.25) is 0 Å². The molecule has 0 heterocycles. The van der Waals surface area contributed by atoms with E-state index in [0.717, 1.165) is 11.1 Å². The largest absolute Gasteiger partial charge is 0.493 e. The van der Waals surface area contributed by atoms with Crippen LogP contribution in [0.1, 0.15) is 45.2 Å². The summed E-state index contributed by atoms with van der Waals surface area (Å²) in [6.07, 6.45) is 0.711. The summed E-state index contributed by atoms with van der Waals surface area (Å²) in [5, 5.41) is 0.928. The van der Waals surface area contributed by atoms with Crippen LogP contribution in [0.3, 0.4) is 0 Å². The van der Waals surface area contributed by atoms with Gasteiger partial charge in [0, 0.05) is 23.0 Å². The van der Waals surface area contributed by atoms with Crippen molar-refractivity contribution in [3.05, 3.63) is 57.6 Å². The minimum absolute atomic E-state index is 0.0782. The molecular formula is C24H31Cl3O4S. The first kappa shape index (κ1) is 27.1. The van der Waals surface area contributed by atoms with Crippen LogP contribution in [0, 0.1) is 5.92 Å². The lowest BCUT2D eigenvalue weighted by Crippen LogP contribution is -2.21. The van der Waals surface area contributed by atoms with Crippen molar-refractivity contribution in [3.8, 4) is 11.5 Å². The van der Waals surface area contributed by atoms with Crippen LogP contribution in [0.15, 0.2) is 36.4 Å². The first-order chi connectivity index (χ1) is 15.0. The van der Waals surface area contributed by atoms with Gasteiger partial charge in [0.2, 0.25) is 0 Å². The number of sulfone groups is 1. The fraction of sp³-hybridized carbons (Fsp3) is 0.500. The number of halogens is 3. The predicted octanol–water partition coefficient (Wildman–Crippen LogP) is 6.78. The van der Waals surface area contributed by atoms with Gasteiger partial charge >= 0.3 is 0 Å². The molecule has 0 unspecified atom stereocenters. The molecule has 0 radical (unpaired) electrons. The van der Waals surface area contributed by atoms with Gasteiger partial charge in [-0.2, -0.15) is 0 Å². The fourth-order valence-corrected chi connectivity index (χ4v) is 5.16. The average molecular weight is 522 g/mol. The third kappa shape index (κ3) is 7.44. The van der Waals surface area contributed by atoms with Gasteiger partial charge < -0.3 is 9.47 Å². The van der Waals surface area contributed by atoms with Crippen LogP contribution >= 0.6 is 34.8 Å². The van der Waals surface area contributed by atoms with Crippen molar-refractivity contribution in [2.75, 3.05) is 30.6 Å². The summed E-state index contributed by atoms with van der Waals surface area (Å²) in [4.78, 5) is 0. The SMILES string of the molecule is CCS(=O)(=O)C[C@H](C)COc1ccc(C(C)(C)c2cc(Cl)c(OCCCCl)c(Cl)c2)cc1. The fourth-order valence-electron chi connectivity index (χ4n) is 3.26. The highest BCUT2D eigenvalue weighted by atomic mass is 35.5. The summed E-state index contributed by atoms with van der Waals surface area (Å²) in [6, 6.07) is 11.5. The smallest absolute Gasteiger partial charge is 0.156 e. The Kier molecular flexibility index (Phi) is 10.0. The van der Waals surface area contributed by atoms with Crippen molar-refractivity contribution in [1.82, 2.24) is 0 Å². The van der Waals surface area contributed by atoms with E-state index >= 15 is 0 Å². The lowest BCUT2D eigenvalue weighted by atomic mass is 9.78. The van der Waals surface area contributed by atoms with Crippen LogP contribution in [-0.2, 0) is 15.3 Å². The first-order valence-electron chi connectivity index (χ1n) is 10.6. The minimum atomic E-state index is -3.01. The molecule has 0 aliphatic heterocycles.